The maximum absolute atomic E-state index is 11.3. The van der Waals surface area contributed by atoms with Crippen molar-refractivity contribution in [3.8, 4) is 0 Å². The largest absolute Gasteiger partial charge is 0.294 e. The SMILES string of the molecule is CC(=O)c1ccc(Sc2ccncn2)cc1Br. The van der Waals surface area contributed by atoms with Crippen molar-refractivity contribution in [2.75, 3.05) is 0 Å². The van der Waals surface area contributed by atoms with Gasteiger partial charge in [0.2, 0.25) is 0 Å². The van der Waals surface area contributed by atoms with E-state index in [1.165, 1.54) is 18.1 Å². The number of aromatic nitrogens is 2. The number of nitrogens with zero attached hydrogens (tertiary/aromatic N) is 2. The van der Waals surface area contributed by atoms with E-state index in [-0.39, 0.29) is 5.78 Å². The second-order valence-corrected chi connectivity index (χ2v) is 5.30. The molecule has 0 saturated heterocycles. The van der Waals surface area contributed by atoms with Crippen LogP contribution in [0, 0.1) is 0 Å². The first kappa shape index (κ1) is 12.3. The summed E-state index contributed by atoms with van der Waals surface area (Å²) in [6, 6.07) is 7.49. The van der Waals surface area contributed by atoms with Crippen LogP contribution in [0.5, 0.6) is 0 Å². The van der Waals surface area contributed by atoms with Gasteiger partial charge in [-0.25, -0.2) is 9.97 Å². The molecule has 2 aromatic rings. The molecule has 5 heteroatoms. The minimum atomic E-state index is 0.0514. The summed E-state index contributed by atoms with van der Waals surface area (Å²) in [4.78, 5) is 20.3. The molecule has 0 atom stereocenters. The molecule has 0 unspecified atom stereocenters. The number of hydrogen-bond acceptors (Lipinski definition) is 4. The summed E-state index contributed by atoms with van der Waals surface area (Å²) in [5.74, 6) is 0.0514. The molecule has 0 amide bonds. The van der Waals surface area contributed by atoms with Gasteiger partial charge in [-0.05, 0) is 31.2 Å². The Labute approximate surface area is 112 Å². The minimum absolute atomic E-state index is 0.0514. The summed E-state index contributed by atoms with van der Waals surface area (Å²) in [5, 5.41) is 0.877. The first-order valence-electron chi connectivity index (χ1n) is 4.91. The van der Waals surface area contributed by atoms with Gasteiger partial charge >= 0.3 is 0 Å². The zero-order valence-corrected chi connectivity index (χ0v) is 11.5. The predicted molar refractivity (Wildman–Crippen MR) is 70.3 cm³/mol. The third-order valence-corrected chi connectivity index (χ3v) is 3.69. The molecule has 0 aliphatic rings. The Kier molecular flexibility index (Phi) is 3.91. The molecule has 0 bridgehead atoms. The van der Waals surface area contributed by atoms with Crippen LogP contribution in [0.2, 0.25) is 0 Å². The van der Waals surface area contributed by atoms with Crippen molar-refractivity contribution in [2.45, 2.75) is 16.8 Å². The van der Waals surface area contributed by atoms with E-state index >= 15 is 0 Å². The molecule has 0 spiro atoms. The number of halogens is 1. The lowest BCUT2D eigenvalue weighted by Crippen LogP contribution is -1.93. The number of hydrogen-bond donors (Lipinski definition) is 0. The molecule has 0 fully saturated rings. The van der Waals surface area contributed by atoms with Crippen LogP contribution >= 0.6 is 27.7 Å². The fourth-order valence-corrected chi connectivity index (χ4v) is 2.90. The van der Waals surface area contributed by atoms with Crippen molar-refractivity contribution in [2.24, 2.45) is 0 Å². The third-order valence-electron chi connectivity index (χ3n) is 2.10. The van der Waals surface area contributed by atoms with Crippen molar-refractivity contribution in [3.05, 3.63) is 46.8 Å². The third kappa shape index (κ3) is 3.14. The van der Waals surface area contributed by atoms with Gasteiger partial charge in [0, 0.05) is 21.1 Å². The quantitative estimate of drug-likeness (QED) is 0.642. The van der Waals surface area contributed by atoms with Crippen molar-refractivity contribution in [1.29, 1.82) is 0 Å². The number of rotatable bonds is 3. The molecule has 1 aromatic heterocycles. The van der Waals surface area contributed by atoms with E-state index in [4.69, 9.17) is 0 Å². The molecule has 1 aromatic carbocycles. The molecule has 0 aliphatic heterocycles. The average molecular weight is 309 g/mol. The Hall–Kier alpha value is -1.20. The van der Waals surface area contributed by atoms with Gasteiger partial charge in [0.25, 0.3) is 0 Å². The number of ketones is 1. The van der Waals surface area contributed by atoms with E-state index in [1.807, 2.05) is 24.3 Å². The van der Waals surface area contributed by atoms with E-state index in [0.29, 0.717) is 5.56 Å². The van der Waals surface area contributed by atoms with Crippen LogP contribution in [0.15, 0.2) is 51.2 Å². The predicted octanol–water partition coefficient (Wildman–Crippen LogP) is 3.59. The van der Waals surface area contributed by atoms with Crippen LogP contribution < -0.4 is 0 Å². The van der Waals surface area contributed by atoms with Crippen LogP contribution in [0.1, 0.15) is 17.3 Å². The average Bonchev–Trinajstić information content (AvgIpc) is 2.30. The highest BCUT2D eigenvalue weighted by Gasteiger charge is 2.06. The van der Waals surface area contributed by atoms with E-state index in [0.717, 1.165) is 14.4 Å². The van der Waals surface area contributed by atoms with Crippen molar-refractivity contribution >= 4 is 33.5 Å². The monoisotopic (exact) mass is 308 g/mol. The fraction of sp³-hybridized carbons (Fsp3) is 0.0833. The molecule has 86 valence electrons. The highest BCUT2D eigenvalue weighted by Crippen LogP contribution is 2.29. The Morgan fingerprint density at radius 3 is 2.76 bits per heavy atom. The summed E-state index contributed by atoms with van der Waals surface area (Å²) in [7, 11) is 0. The lowest BCUT2D eigenvalue weighted by atomic mass is 10.2. The first-order chi connectivity index (χ1) is 8.16. The van der Waals surface area contributed by atoms with Crippen molar-refractivity contribution in [1.82, 2.24) is 9.97 Å². The molecule has 0 N–H and O–H groups in total. The van der Waals surface area contributed by atoms with Crippen LogP contribution in [-0.2, 0) is 0 Å². The summed E-state index contributed by atoms with van der Waals surface area (Å²) in [6.07, 6.45) is 3.22. The van der Waals surface area contributed by atoms with Gasteiger partial charge in [-0.3, -0.25) is 4.79 Å². The van der Waals surface area contributed by atoms with Gasteiger partial charge in [-0.2, -0.15) is 0 Å². The molecular weight excluding hydrogens is 300 g/mol. The molecule has 0 saturated carbocycles. The van der Waals surface area contributed by atoms with Gasteiger partial charge in [0.15, 0.2) is 5.78 Å². The molecule has 2 rings (SSSR count). The van der Waals surface area contributed by atoms with Crippen molar-refractivity contribution in [3.63, 3.8) is 0 Å². The summed E-state index contributed by atoms with van der Waals surface area (Å²) < 4.78 is 0.809. The Morgan fingerprint density at radius 1 is 1.35 bits per heavy atom. The van der Waals surface area contributed by atoms with Crippen LogP contribution in [0.25, 0.3) is 0 Å². The maximum atomic E-state index is 11.3. The zero-order valence-electron chi connectivity index (χ0n) is 9.05. The molecule has 0 radical (unpaired) electrons. The zero-order chi connectivity index (χ0) is 12.3. The molecular formula is C12H9BrN2OS. The van der Waals surface area contributed by atoms with E-state index < -0.39 is 0 Å². The number of benzene rings is 1. The van der Waals surface area contributed by atoms with Gasteiger partial charge < -0.3 is 0 Å². The Bertz CT molecular complexity index is 545. The highest BCUT2D eigenvalue weighted by atomic mass is 79.9. The fourth-order valence-electron chi connectivity index (χ4n) is 1.30. The van der Waals surface area contributed by atoms with Crippen LogP contribution in [0.4, 0.5) is 0 Å². The Balaban J connectivity index is 2.24. The van der Waals surface area contributed by atoms with E-state index in [1.54, 1.807) is 13.1 Å². The van der Waals surface area contributed by atoms with E-state index in [9.17, 15) is 4.79 Å². The lowest BCUT2D eigenvalue weighted by Gasteiger charge is -2.04. The molecule has 17 heavy (non-hydrogen) atoms. The summed E-state index contributed by atoms with van der Waals surface area (Å²) in [5.41, 5.74) is 0.692. The molecule has 3 nitrogen and oxygen atoms in total. The van der Waals surface area contributed by atoms with Crippen molar-refractivity contribution < 1.29 is 4.79 Å². The number of Topliss-reactive ketones (excluding diaryl/α,β-unsaturated/α-hetero) is 1. The normalized spacial score (nSPS) is 10.2. The molecule has 0 aliphatic carbocycles. The summed E-state index contributed by atoms with van der Waals surface area (Å²) >= 11 is 4.92. The lowest BCUT2D eigenvalue weighted by molar-refractivity contribution is 0.101. The maximum Gasteiger partial charge on any atom is 0.160 e. The minimum Gasteiger partial charge on any atom is -0.294 e. The summed E-state index contributed by atoms with van der Waals surface area (Å²) in [6.45, 7) is 1.55. The second kappa shape index (κ2) is 5.42. The smallest absolute Gasteiger partial charge is 0.160 e. The van der Waals surface area contributed by atoms with E-state index in [2.05, 4.69) is 25.9 Å². The Morgan fingerprint density at radius 2 is 2.18 bits per heavy atom. The second-order valence-electron chi connectivity index (χ2n) is 3.35. The van der Waals surface area contributed by atoms with Gasteiger partial charge in [-0.1, -0.05) is 27.7 Å². The highest BCUT2D eigenvalue weighted by molar-refractivity contribution is 9.10. The van der Waals surface area contributed by atoms with Crippen LogP contribution in [0.3, 0.4) is 0 Å². The standard InChI is InChI=1S/C12H9BrN2OS/c1-8(16)10-3-2-9(6-11(10)13)17-12-4-5-14-7-15-12/h2-7H,1H3. The van der Waals surface area contributed by atoms with Gasteiger partial charge in [-0.15, -0.1) is 0 Å². The number of carbonyl (C=O) groups is 1. The van der Waals surface area contributed by atoms with Gasteiger partial charge in [0.1, 0.15) is 11.4 Å². The first-order valence-corrected chi connectivity index (χ1v) is 6.52. The van der Waals surface area contributed by atoms with Gasteiger partial charge in [0.05, 0.1) is 0 Å². The number of carbonyl (C=O) groups excluding carboxylic acids is 1. The van der Waals surface area contributed by atoms with Crippen LogP contribution in [-0.4, -0.2) is 15.8 Å². The molecule has 1 heterocycles. The topological polar surface area (TPSA) is 42.9 Å².